The van der Waals surface area contributed by atoms with Crippen LogP contribution in [0.1, 0.15) is 30.9 Å². The van der Waals surface area contributed by atoms with Crippen LogP contribution in [-0.2, 0) is 16.4 Å². The quantitative estimate of drug-likeness (QED) is 0.611. The fourth-order valence-corrected chi connectivity index (χ4v) is 5.23. The van der Waals surface area contributed by atoms with Crippen molar-refractivity contribution in [2.24, 2.45) is 5.73 Å². The first-order valence-electron chi connectivity index (χ1n) is 10.1. The number of hydrogen-bond donors (Lipinski definition) is 2. The Labute approximate surface area is 193 Å². The fourth-order valence-electron chi connectivity index (χ4n) is 3.88. The molecule has 1 saturated heterocycles. The summed E-state index contributed by atoms with van der Waals surface area (Å²) in [7, 11) is -3.51. The van der Waals surface area contributed by atoms with Gasteiger partial charge in [-0.05, 0) is 80.2 Å². The van der Waals surface area contributed by atoms with E-state index in [9.17, 15) is 8.42 Å². The Bertz CT molecular complexity index is 905. The highest BCUT2D eigenvalue weighted by atomic mass is 35.5. The number of sulfonamides is 1. The van der Waals surface area contributed by atoms with Crippen LogP contribution in [0.5, 0.6) is 0 Å². The minimum Gasteiger partial charge on any atom is -0.330 e. The Morgan fingerprint density at radius 2 is 1.83 bits per heavy atom. The van der Waals surface area contributed by atoms with Gasteiger partial charge in [0.25, 0.3) is 0 Å². The molecule has 3 N–H and O–H groups in total. The van der Waals surface area contributed by atoms with Crippen LogP contribution in [0.3, 0.4) is 0 Å². The van der Waals surface area contributed by atoms with E-state index in [-0.39, 0.29) is 30.9 Å². The number of likely N-dealkylation sites (tertiary alicyclic amines) is 1. The van der Waals surface area contributed by atoms with Crippen molar-refractivity contribution in [1.29, 1.82) is 0 Å². The minimum atomic E-state index is -3.51. The van der Waals surface area contributed by atoms with Gasteiger partial charge in [0, 0.05) is 12.6 Å². The Morgan fingerprint density at radius 1 is 1.13 bits per heavy atom. The first kappa shape index (κ1) is 26.9. The summed E-state index contributed by atoms with van der Waals surface area (Å²) in [4.78, 5) is 2.65. The largest absolute Gasteiger partial charge is 0.330 e. The van der Waals surface area contributed by atoms with Gasteiger partial charge in [-0.3, -0.25) is 0 Å². The Balaban J connectivity index is 0.00000225. The second-order valence-electron chi connectivity index (χ2n) is 7.62. The number of rotatable bonds is 8. The molecular formula is C22H33Cl2N3O2S. The zero-order valence-corrected chi connectivity index (χ0v) is 20.1. The Morgan fingerprint density at radius 3 is 2.43 bits per heavy atom. The van der Waals surface area contributed by atoms with Gasteiger partial charge in [0.05, 0.1) is 4.90 Å². The zero-order chi connectivity index (χ0) is 20.1. The van der Waals surface area contributed by atoms with Crippen LogP contribution in [0.4, 0.5) is 0 Å². The summed E-state index contributed by atoms with van der Waals surface area (Å²) < 4.78 is 28.5. The average molecular weight is 474 g/mol. The number of benzene rings is 2. The molecule has 1 atom stereocenters. The molecular weight excluding hydrogens is 441 g/mol. The molecule has 2 aromatic carbocycles. The molecule has 0 amide bonds. The van der Waals surface area contributed by atoms with Crippen molar-refractivity contribution >= 4 is 34.8 Å². The van der Waals surface area contributed by atoms with Crippen LogP contribution >= 0.6 is 24.8 Å². The molecule has 1 heterocycles. The standard InChI is InChI=1S/C22H31N3O2S.2ClH/c1-3-13-25-14-11-20(16-25)24-28(26,27)21-8-9-22(17(2)15-21)19-6-4-18(5-7-19)10-12-23;;/h4-9,15,20,24H,3,10-14,16,23H2,1-2H3;2*1H. The first-order chi connectivity index (χ1) is 13.4. The van der Waals surface area contributed by atoms with Crippen molar-refractivity contribution in [2.75, 3.05) is 26.2 Å². The number of hydrogen-bond acceptors (Lipinski definition) is 4. The summed E-state index contributed by atoms with van der Waals surface area (Å²) in [6, 6.07) is 13.7. The third-order valence-electron chi connectivity index (χ3n) is 5.34. The van der Waals surface area contributed by atoms with Crippen LogP contribution in [0.2, 0.25) is 0 Å². The maximum absolute atomic E-state index is 12.8. The van der Waals surface area contributed by atoms with Crippen LogP contribution < -0.4 is 10.5 Å². The van der Waals surface area contributed by atoms with Gasteiger partial charge in [-0.15, -0.1) is 24.8 Å². The molecule has 0 saturated carbocycles. The predicted molar refractivity (Wildman–Crippen MR) is 129 cm³/mol. The van der Waals surface area contributed by atoms with E-state index in [1.807, 2.05) is 13.0 Å². The molecule has 30 heavy (non-hydrogen) atoms. The summed E-state index contributed by atoms with van der Waals surface area (Å²) in [6.07, 6.45) is 2.82. The molecule has 1 aliphatic heterocycles. The number of nitrogens with zero attached hydrogens (tertiary/aromatic N) is 1. The highest BCUT2D eigenvalue weighted by molar-refractivity contribution is 7.89. The zero-order valence-electron chi connectivity index (χ0n) is 17.6. The monoisotopic (exact) mass is 473 g/mol. The van der Waals surface area contributed by atoms with E-state index in [1.54, 1.807) is 12.1 Å². The third-order valence-corrected chi connectivity index (χ3v) is 6.86. The van der Waals surface area contributed by atoms with Gasteiger partial charge in [-0.25, -0.2) is 13.1 Å². The summed E-state index contributed by atoms with van der Waals surface area (Å²) in [5, 5.41) is 0. The second-order valence-corrected chi connectivity index (χ2v) is 9.33. The van der Waals surface area contributed by atoms with Crippen LogP contribution in [0, 0.1) is 6.92 Å². The molecule has 8 heteroatoms. The normalized spacial score (nSPS) is 16.7. The van der Waals surface area contributed by atoms with E-state index in [1.165, 1.54) is 5.56 Å². The van der Waals surface area contributed by atoms with Crippen LogP contribution in [0.25, 0.3) is 11.1 Å². The van der Waals surface area contributed by atoms with Gasteiger partial charge in [0.1, 0.15) is 0 Å². The lowest BCUT2D eigenvalue weighted by atomic mass is 9.99. The molecule has 3 rings (SSSR count). The average Bonchev–Trinajstić information content (AvgIpc) is 3.09. The highest BCUT2D eigenvalue weighted by Gasteiger charge is 2.27. The molecule has 0 bridgehead atoms. The third kappa shape index (κ3) is 6.67. The van der Waals surface area contributed by atoms with E-state index < -0.39 is 10.0 Å². The van der Waals surface area contributed by atoms with E-state index >= 15 is 0 Å². The number of nitrogens with one attached hydrogen (secondary N) is 1. The van der Waals surface area contributed by atoms with Gasteiger partial charge < -0.3 is 10.6 Å². The summed E-state index contributed by atoms with van der Waals surface area (Å²) >= 11 is 0. The number of nitrogens with two attached hydrogens (primary N) is 1. The number of halogens is 2. The lowest BCUT2D eigenvalue weighted by Gasteiger charge is -2.16. The van der Waals surface area contributed by atoms with Gasteiger partial charge >= 0.3 is 0 Å². The first-order valence-corrected chi connectivity index (χ1v) is 11.6. The molecule has 1 unspecified atom stereocenters. The van der Waals surface area contributed by atoms with Gasteiger partial charge in [0.15, 0.2) is 0 Å². The Kier molecular flexibility index (Phi) is 10.8. The van der Waals surface area contributed by atoms with Crippen molar-refractivity contribution in [3.05, 3.63) is 53.6 Å². The van der Waals surface area contributed by atoms with Gasteiger partial charge in [-0.1, -0.05) is 37.3 Å². The molecule has 168 valence electrons. The van der Waals surface area contributed by atoms with Crippen LogP contribution in [0.15, 0.2) is 47.4 Å². The van der Waals surface area contributed by atoms with Gasteiger partial charge in [0.2, 0.25) is 10.0 Å². The molecule has 0 aliphatic carbocycles. The van der Waals surface area contributed by atoms with E-state index in [4.69, 9.17) is 5.73 Å². The van der Waals surface area contributed by atoms with E-state index in [0.29, 0.717) is 11.4 Å². The molecule has 0 aromatic heterocycles. The van der Waals surface area contributed by atoms with E-state index in [0.717, 1.165) is 55.6 Å². The predicted octanol–water partition coefficient (Wildman–Crippen LogP) is 3.77. The molecule has 5 nitrogen and oxygen atoms in total. The molecule has 0 spiro atoms. The van der Waals surface area contributed by atoms with Crippen molar-refractivity contribution in [3.63, 3.8) is 0 Å². The summed E-state index contributed by atoms with van der Waals surface area (Å²) in [5.41, 5.74) is 9.90. The maximum Gasteiger partial charge on any atom is 0.240 e. The number of aryl methyl sites for hydroxylation is 1. The lowest BCUT2D eigenvalue weighted by molar-refractivity contribution is 0.333. The summed E-state index contributed by atoms with van der Waals surface area (Å²) in [5.74, 6) is 0. The molecule has 0 radical (unpaired) electrons. The van der Waals surface area contributed by atoms with Crippen molar-refractivity contribution in [2.45, 2.75) is 44.0 Å². The molecule has 2 aromatic rings. The smallest absolute Gasteiger partial charge is 0.240 e. The van der Waals surface area contributed by atoms with Crippen molar-refractivity contribution in [1.82, 2.24) is 9.62 Å². The van der Waals surface area contributed by atoms with Gasteiger partial charge in [-0.2, -0.15) is 0 Å². The molecule has 1 fully saturated rings. The van der Waals surface area contributed by atoms with E-state index in [2.05, 4.69) is 40.8 Å². The maximum atomic E-state index is 12.8. The topological polar surface area (TPSA) is 75.4 Å². The fraction of sp³-hybridized carbons (Fsp3) is 0.455. The lowest BCUT2D eigenvalue weighted by Crippen LogP contribution is -2.37. The SMILES string of the molecule is CCCN1CCC(NS(=O)(=O)c2ccc(-c3ccc(CCN)cc3)c(C)c2)C1.Cl.Cl. The van der Waals surface area contributed by atoms with Crippen molar-refractivity contribution in [3.8, 4) is 11.1 Å². The molecule has 1 aliphatic rings. The Hall–Kier alpha value is -1.15. The summed E-state index contributed by atoms with van der Waals surface area (Å²) in [6.45, 7) is 7.51. The highest BCUT2D eigenvalue weighted by Crippen LogP contribution is 2.26. The second kappa shape index (κ2) is 12.0. The van der Waals surface area contributed by atoms with Crippen molar-refractivity contribution < 1.29 is 8.42 Å². The van der Waals surface area contributed by atoms with Crippen LogP contribution in [-0.4, -0.2) is 45.5 Å². The minimum absolute atomic E-state index is 0.